The second-order valence-electron chi connectivity index (χ2n) is 3.81. The van der Waals surface area contributed by atoms with Crippen molar-refractivity contribution >= 4 is 5.91 Å². The lowest BCUT2D eigenvalue weighted by atomic mass is 10.1. The normalized spacial score (nSPS) is 12.4. The van der Waals surface area contributed by atoms with Crippen LogP contribution in [0.3, 0.4) is 0 Å². The maximum atomic E-state index is 11.8. The second-order valence-corrected chi connectivity index (χ2v) is 3.81. The third kappa shape index (κ3) is 3.35. The van der Waals surface area contributed by atoms with E-state index in [2.05, 4.69) is 5.32 Å². The Kier molecular flexibility index (Phi) is 4.94. The Morgan fingerprint density at radius 3 is 2.33 bits per heavy atom. The average Bonchev–Trinajstić information content (AvgIpc) is 2.34. The molecule has 0 aliphatic heterocycles. The van der Waals surface area contributed by atoms with Crippen LogP contribution in [-0.4, -0.2) is 42.7 Å². The number of nitrogens with one attached hydrogen (secondary N) is 1. The number of ether oxygens (including phenoxy) is 2. The summed E-state index contributed by atoms with van der Waals surface area (Å²) in [5.74, 6) is -1.01. The molecule has 0 saturated carbocycles. The molecule has 0 bridgehead atoms. The van der Waals surface area contributed by atoms with Gasteiger partial charge in [-0.1, -0.05) is 0 Å². The van der Waals surface area contributed by atoms with Crippen LogP contribution in [-0.2, 0) is 9.47 Å². The first-order valence-corrected chi connectivity index (χ1v) is 5.38. The highest BCUT2D eigenvalue weighted by Crippen LogP contribution is 2.24. The molecule has 0 spiro atoms. The highest BCUT2D eigenvalue weighted by Gasteiger charge is 2.19. The van der Waals surface area contributed by atoms with Crippen LogP contribution >= 0.6 is 0 Å². The number of phenolic OH excluding ortho intramolecular Hbond substituents is 2. The van der Waals surface area contributed by atoms with Crippen LogP contribution in [0.25, 0.3) is 0 Å². The molecule has 1 atom stereocenters. The third-order valence-corrected chi connectivity index (χ3v) is 2.47. The van der Waals surface area contributed by atoms with Gasteiger partial charge in [0.15, 0.2) is 17.8 Å². The van der Waals surface area contributed by atoms with Crippen LogP contribution in [0.1, 0.15) is 17.3 Å². The largest absolute Gasteiger partial charge is 0.504 e. The Morgan fingerprint density at radius 1 is 1.22 bits per heavy atom. The molecule has 0 radical (unpaired) electrons. The van der Waals surface area contributed by atoms with E-state index < -0.39 is 12.2 Å². The predicted octanol–water partition coefficient (Wildman–Crippen LogP) is 0.835. The summed E-state index contributed by atoms with van der Waals surface area (Å²) < 4.78 is 10.0. The number of carbonyl (C=O) groups is 1. The van der Waals surface area contributed by atoms with Gasteiger partial charge >= 0.3 is 0 Å². The number of amides is 1. The molecule has 1 amide bonds. The first-order chi connectivity index (χ1) is 8.49. The Morgan fingerprint density at radius 2 is 1.83 bits per heavy atom. The number of benzene rings is 1. The van der Waals surface area contributed by atoms with Crippen molar-refractivity contribution < 1.29 is 24.5 Å². The highest BCUT2D eigenvalue weighted by molar-refractivity contribution is 5.95. The van der Waals surface area contributed by atoms with Crippen molar-refractivity contribution in [2.75, 3.05) is 14.2 Å². The molecule has 6 heteroatoms. The van der Waals surface area contributed by atoms with Crippen molar-refractivity contribution in [2.24, 2.45) is 0 Å². The molecule has 1 unspecified atom stereocenters. The molecule has 1 aromatic rings. The summed E-state index contributed by atoms with van der Waals surface area (Å²) in [6.45, 7) is 1.73. The minimum Gasteiger partial charge on any atom is -0.504 e. The molecule has 0 fully saturated rings. The Bertz CT molecular complexity index is 417. The number of rotatable bonds is 5. The topological polar surface area (TPSA) is 88.0 Å². The van der Waals surface area contributed by atoms with Gasteiger partial charge in [0.1, 0.15) is 0 Å². The number of aromatic hydroxyl groups is 2. The predicted molar refractivity (Wildman–Crippen MR) is 64.5 cm³/mol. The zero-order valence-corrected chi connectivity index (χ0v) is 10.5. The van der Waals surface area contributed by atoms with Crippen molar-refractivity contribution in [1.29, 1.82) is 0 Å². The highest BCUT2D eigenvalue weighted by atomic mass is 16.7. The van der Waals surface area contributed by atoms with Crippen molar-refractivity contribution in [3.05, 3.63) is 23.8 Å². The molecule has 3 N–H and O–H groups in total. The molecule has 1 rings (SSSR count). The minimum atomic E-state index is -0.556. The quantitative estimate of drug-likeness (QED) is 0.536. The van der Waals surface area contributed by atoms with E-state index in [1.54, 1.807) is 6.92 Å². The van der Waals surface area contributed by atoms with Crippen LogP contribution < -0.4 is 5.32 Å². The van der Waals surface area contributed by atoms with E-state index in [1.165, 1.54) is 32.4 Å². The van der Waals surface area contributed by atoms with Gasteiger partial charge in [-0.2, -0.15) is 0 Å². The lowest BCUT2D eigenvalue weighted by molar-refractivity contribution is -0.117. The zero-order chi connectivity index (χ0) is 13.7. The molecule has 18 heavy (non-hydrogen) atoms. The fourth-order valence-electron chi connectivity index (χ4n) is 1.53. The van der Waals surface area contributed by atoms with Gasteiger partial charge in [-0.25, -0.2) is 0 Å². The van der Waals surface area contributed by atoms with Gasteiger partial charge in [-0.15, -0.1) is 0 Å². The zero-order valence-electron chi connectivity index (χ0n) is 10.5. The number of phenols is 2. The van der Waals surface area contributed by atoms with Gasteiger partial charge in [0, 0.05) is 19.8 Å². The van der Waals surface area contributed by atoms with Gasteiger partial charge < -0.3 is 25.0 Å². The van der Waals surface area contributed by atoms with Crippen molar-refractivity contribution in [2.45, 2.75) is 19.3 Å². The summed E-state index contributed by atoms with van der Waals surface area (Å²) in [6.07, 6.45) is -0.556. The van der Waals surface area contributed by atoms with Crippen molar-refractivity contribution in [3.63, 3.8) is 0 Å². The van der Waals surface area contributed by atoms with Crippen LogP contribution in [0, 0.1) is 0 Å². The second kappa shape index (κ2) is 6.23. The fraction of sp³-hybridized carbons (Fsp3) is 0.417. The molecule has 0 aromatic heterocycles. The van der Waals surface area contributed by atoms with Crippen LogP contribution in [0.4, 0.5) is 0 Å². The number of carbonyl (C=O) groups excluding carboxylic acids is 1. The maximum Gasteiger partial charge on any atom is 0.251 e. The number of hydrogen-bond acceptors (Lipinski definition) is 5. The maximum absolute atomic E-state index is 11.8. The van der Waals surface area contributed by atoms with E-state index in [0.717, 1.165) is 0 Å². The Balaban J connectivity index is 2.73. The van der Waals surface area contributed by atoms with Gasteiger partial charge in [-0.05, 0) is 25.1 Å². The summed E-state index contributed by atoms with van der Waals surface area (Å²) in [5, 5.41) is 21.1. The summed E-state index contributed by atoms with van der Waals surface area (Å²) in [7, 11) is 2.95. The minimum absolute atomic E-state index is 0.239. The van der Waals surface area contributed by atoms with E-state index in [0.29, 0.717) is 0 Å². The van der Waals surface area contributed by atoms with E-state index in [1.807, 2.05) is 0 Å². The van der Waals surface area contributed by atoms with E-state index >= 15 is 0 Å². The van der Waals surface area contributed by atoms with Gasteiger partial charge in [0.25, 0.3) is 5.91 Å². The fourth-order valence-corrected chi connectivity index (χ4v) is 1.53. The monoisotopic (exact) mass is 255 g/mol. The van der Waals surface area contributed by atoms with Crippen molar-refractivity contribution in [3.8, 4) is 11.5 Å². The lowest BCUT2D eigenvalue weighted by Crippen LogP contribution is -2.42. The standard InChI is InChI=1S/C12H17NO5/c1-7(12(17-2)18-3)13-11(16)8-4-5-9(14)10(15)6-8/h4-7,12,14-15H,1-3H3,(H,13,16). The van der Waals surface area contributed by atoms with Gasteiger partial charge in [0.05, 0.1) is 6.04 Å². The molecule has 0 aliphatic rings. The van der Waals surface area contributed by atoms with Crippen LogP contribution in [0.5, 0.6) is 11.5 Å². The molecule has 100 valence electrons. The SMILES string of the molecule is COC(OC)C(C)NC(=O)c1ccc(O)c(O)c1. The molecular formula is C12H17NO5. The number of hydrogen-bond donors (Lipinski definition) is 3. The summed E-state index contributed by atoms with van der Waals surface area (Å²) in [6, 6.07) is 3.49. The summed E-state index contributed by atoms with van der Waals surface area (Å²) in [4.78, 5) is 11.8. The first kappa shape index (κ1) is 14.3. The van der Waals surface area contributed by atoms with Crippen LogP contribution in [0.15, 0.2) is 18.2 Å². The first-order valence-electron chi connectivity index (χ1n) is 5.38. The smallest absolute Gasteiger partial charge is 0.251 e. The Hall–Kier alpha value is -1.79. The molecule has 0 aliphatic carbocycles. The number of methoxy groups -OCH3 is 2. The molecule has 0 heterocycles. The molecule has 1 aromatic carbocycles. The summed E-state index contributed by atoms with van der Waals surface area (Å²) in [5.41, 5.74) is 0.239. The Labute approximate surface area is 105 Å². The molecular weight excluding hydrogens is 238 g/mol. The van der Waals surface area contributed by atoms with Gasteiger partial charge in [0.2, 0.25) is 0 Å². The summed E-state index contributed by atoms with van der Waals surface area (Å²) >= 11 is 0. The van der Waals surface area contributed by atoms with E-state index in [-0.39, 0.29) is 23.1 Å². The molecule has 6 nitrogen and oxygen atoms in total. The van der Waals surface area contributed by atoms with Crippen LogP contribution in [0.2, 0.25) is 0 Å². The van der Waals surface area contributed by atoms with Gasteiger partial charge in [-0.3, -0.25) is 4.79 Å². The lowest BCUT2D eigenvalue weighted by Gasteiger charge is -2.22. The average molecular weight is 255 g/mol. The van der Waals surface area contributed by atoms with Crippen molar-refractivity contribution in [1.82, 2.24) is 5.32 Å². The molecule has 0 saturated heterocycles. The van der Waals surface area contributed by atoms with E-state index in [4.69, 9.17) is 14.6 Å². The van der Waals surface area contributed by atoms with E-state index in [9.17, 15) is 9.90 Å². The third-order valence-electron chi connectivity index (χ3n) is 2.47.